The predicted octanol–water partition coefficient (Wildman–Crippen LogP) is 6.69. The molecule has 124 valence electrons. The highest BCUT2D eigenvalue weighted by Gasteiger charge is 2.14. The van der Waals surface area contributed by atoms with E-state index in [0.717, 1.165) is 16.9 Å². The molecule has 0 saturated heterocycles. The molecule has 0 atom stereocenters. The molecule has 3 heteroatoms. The monoisotopic (exact) mass is 344 g/mol. The molecule has 0 spiro atoms. The quantitative estimate of drug-likeness (QED) is 0.411. The molecule has 0 aliphatic heterocycles. The topological polar surface area (TPSA) is 16.1 Å². The van der Waals surface area contributed by atoms with Gasteiger partial charge in [-0.25, -0.2) is 4.98 Å². The summed E-state index contributed by atoms with van der Waals surface area (Å²) in [4.78, 5) is 6.71. The van der Waals surface area contributed by atoms with Crippen LogP contribution in [0.1, 0.15) is 16.7 Å². The van der Waals surface area contributed by atoms with E-state index < -0.39 is 0 Å². The Morgan fingerprint density at radius 3 is 2.16 bits per heavy atom. The summed E-state index contributed by atoms with van der Waals surface area (Å²) in [6.07, 6.45) is 0. The summed E-state index contributed by atoms with van der Waals surface area (Å²) in [5.74, 6) is 0. The lowest BCUT2D eigenvalue weighted by Crippen LogP contribution is -2.10. The fraction of sp³-hybridized carbons (Fsp3) is 0.136. The minimum atomic E-state index is 1.05. The summed E-state index contributed by atoms with van der Waals surface area (Å²) >= 11 is 1.68. The zero-order chi connectivity index (χ0) is 17.4. The summed E-state index contributed by atoms with van der Waals surface area (Å²) < 4.78 is 1.21. The van der Waals surface area contributed by atoms with Crippen LogP contribution in [0.3, 0.4) is 0 Å². The van der Waals surface area contributed by atoms with Crippen LogP contribution in [-0.4, -0.2) is 4.98 Å². The van der Waals surface area contributed by atoms with Gasteiger partial charge in [0.2, 0.25) is 0 Å². The molecular weight excluding hydrogens is 324 g/mol. The van der Waals surface area contributed by atoms with Gasteiger partial charge in [0.15, 0.2) is 0 Å². The number of hydrogen-bond acceptors (Lipinski definition) is 3. The van der Waals surface area contributed by atoms with Gasteiger partial charge in [0.1, 0.15) is 0 Å². The second kappa shape index (κ2) is 6.34. The van der Waals surface area contributed by atoms with Gasteiger partial charge in [-0.3, -0.25) is 0 Å². The second-order valence-corrected chi connectivity index (χ2v) is 7.33. The van der Waals surface area contributed by atoms with Gasteiger partial charge in [-0.15, -0.1) is 11.3 Å². The lowest BCUT2D eigenvalue weighted by molar-refractivity contribution is 1.25. The van der Waals surface area contributed by atoms with Gasteiger partial charge in [0.05, 0.1) is 15.7 Å². The third-order valence-electron chi connectivity index (χ3n) is 4.61. The molecule has 0 aliphatic rings. The Labute approximate surface area is 152 Å². The number of fused-ring (bicyclic) bond motifs is 1. The molecule has 0 unspecified atom stereocenters. The number of aromatic nitrogens is 1. The van der Waals surface area contributed by atoms with E-state index in [-0.39, 0.29) is 0 Å². The molecule has 0 N–H and O–H groups in total. The van der Waals surface area contributed by atoms with E-state index in [2.05, 4.69) is 91.3 Å². The first kappa shape index (κ1) is 15.9. The number of aryl methyl sites for hydroxylation is 3. The van der Waals surface area contributed by atoms with Crippen molar-refractivity contribution in [3.05, 3.63) is 82.9 Å². The van der Waals surface area contributed by atoms with Crippen molar-refractivity contribution in [1.82, 2.24) is 4.98 Å². The SMILES string of the molecule is Cc1ccc(N(c2ccc(C)c(C)c2)c2ccc3ncsc3c2)cc1. The molecule has 0 aliphatic carbocycles. The first-order chi connectivity index (χ1) is 12.1. The lowest BCUT2D eigenvalue weighted by Gasteiger charge is -2.26. The van der Waals surface area contributed by atoms with Crippen molar-refractivity contribution >= 4 is 38.6 Å². The third-order valence-corrected chi connectivity index (χ3v) is 5.41. The molecule has 0 amide bonds. The average Bonchev–Trinajstić information content (AvgIpc) is 3.08. The minimum Gasteiger partial charge on any atom is -0.310 e. The van der Waals surface area contributed by atoms with Crippen LogP contribution in [0.4, 0.5) is 17.1 Å². The van der Waals surface area contributed by atoms with Gasteiger partial charge in [-0.1, -0.05) is 23.8 Å². The molecule has 4 aromatic rings. The molecule has 3 aromatic carbocycles. The highest BCUT2D eigenvalue weighted by atomic mass is 32.1. The second-order valence-electron chi connectivity index (χ2n) is 6.44. The number of rotatable bonds is 3. The van der Waals surface area contributed by atoms with Crippen LogP contribution >= 0.6 is 11.3 Å². The van der Waals surface area contributed by atoms with Crippen molar-refractivity contribution in [3.63, 3.8) is 0 Å². The van der Waals surface area contributed by atoms with Gasteiger partial charge < -0.3 is 4.90 Å². The Bertz CT molecular complexity index is 1030. The Kier molecular flexibility index (Phi) is 4.02. The van der Waals surface area contributed by atoms with Crippen molar-refractivity contribution in [1.29, 1.82) is 0 Å². The molecule has 2 nitrogen and oxygen atoms in total. The normalized spacial score (nSPS) is 11.0. The fourth-order valence-corrected chi connectivity index (χ4v) is 3.70. The third kappa shape index (κ3) is 3.03. The van der Waals surface area contributed by atoms with Gasteiger partial charge in [0, 0.05) is 17.1 Å². The van der Waals surface area contributed by atoms with E-state index in [0.29, 0.717) is 0 Å². The van der Waals surface area contributed by atoms with Gasteiger partial charge in [0.25, 0.3) is 0 Å². The largest absolute Gasteiger partial charge is 0.310 e. The van der Waals surface area contributed by atoms with Crippen molar-refractivity contribution in [2.75, 3.05) is 4.90 Å². The van der Waals surface area contributed by atoms with Crippen LogP contribution in [0.15, 0.2) is 66.2 Å². The maximum Gasteiger partial charge on any atom is 0.0813 e. The maximum absolute atomic E-state index is 4.40. The van der Waals surface area contributed by atoms with Crippen LogP contribution in [0.25, 0.3) is 10.2 Å². The van der Waals surface area contributed by atoms with Crippen LogP contribution in [-0.2, 0) is 0 Å². The van der Waals surface area contributed by atoms with Crippen molar-refractivity contribution in [2.24, 2.45) is 0 Å². The number of anilines is 3. The Morgan fingerprint density at radius 1 is 0.720 bits per heavy atom. The van der Waals surface area contributed by atoms with Crippen LogP contribution < -0.4 is 4.90 Å². The first-order valence-corrected chi connectivity index (χ1v) is 9.27. The molecule has 1 aromatic heterocycles. The van der Waals surface area contributed by atoms with E-state index in [4.69, 9.17) is 0 Å². The molecule has 0 radical (unpaired) electrons. The molecule has 1 heterocycles. The molecule has 0 bridgehead atoms. The summed E-state index contributed by atoms with van der Waals surface area (Å²) in [5.41, 5.74) is 10.3. The number of benzene rings is 3. The van der Waals surface area contributed by atoms with E-state index in [1.165, 1.54) is 27.1 Å². The minimum absolute atomic E-state index is 1.05. The number of thiazole rings is 1. The summed E-state index contributed by atoms with van der Waals surface area (Å²) in [7, 11) is 0. The highest BCUT2D eigenvalue weighted by molar-refractivity contribution is 7.16. The molecular formula is C22H20N2S. The summed E-state index contributed by atoms with van der Waals surface area (Å²) in [5, 5.41) is 0. The first-order valence-electron chi connectivity index (χ1n) is 8.39. The molecule has 25 heavy (non-hydrogen) atoms. The zero-order valence-electron chi connectivity index (χ0n) is 14.7. The van der Waals surface area contributed by atoms with E-state index >= 15 is 0 Å². The highest BCUT2D eigenvalue weighted by Crippen LogP contribution is 2.37. The van der Waals surface area contributed by atoms with Crippen LogP contribution in [0.2, 0.25) is 0 Å². The number of nitrogens with zero attached hydrogens (tertiary/aromatic N) is 2. The molecule has 0 fully saturated rings. The lowest BCUT2D eigenvalue weighted by atomic mass is 10.1. The van der Waals surface area contributed by atoms with Crippen molar-refractivity contribution in [2.45, 2.75) is 20.8 Å². The fourth-order valence-electron chi connectivity index (χ4n) is 2.99. The molecule has 4 rings (SSSR count). The van der Waals surface area contributed by atoms with Gasteiger partial charge >= 0.3 is 0 Å². The summed E-state index contributed by atoms with van der Waals surface area (Å²) in [6.45, 7) is 6.44. The van der Waals surface area contributed by atoms with E-state index in [9.17, 15) is 0 Å². The van der Waals surface area contributed by atoms with E-state index in [1.807, 2.05) is 5.51 Å². The average molecular weight is 344 g/mol. The van der Waals surface area contributed by atoms with Crippen molar-refractivity contribution in [3.8, 4) is 0 Å². The zero-order valence-corrected chi connectivity index (χ0v) is 15.5. The van der Waals surface area contributed by atoms with Crippen molar-refractivity contribution < 1.29 is 0 Å². The standard InChI is InChI=1S/C22H20N2S/c1-15-4-7-18(8-5-15)24(19-9-6-16(2)17(3)12-19)20-10-11-21-22(13-20)25-14-23-21/h4-14H,1-3H3. The van der Waals surface area contributed by atoms with Gasteiger partial charge in [-0.2, -0.15) is 0 Å². The predicted molar refractivity (Wildman–Crippen MR) is 109 cm³/mol. The van der Waals surface area contributed by atoms with Crippen LogP contribution in [0, 0.1) is 20.8 Å². The summed E-state index contributed by atoms with van der Waals surface area (Å²) in [6, 6.07) is 21.8. The Balaban J connectivity index is 1.90. The van der Waals surface area contributed by atoms with E-state index in [1.54, 1.807) is 11.3 Å². The molecule has 0 saturated carbocycles. The Morgan fingerprint density at radius 2 is 1.40 bits per heavy atom. The Hall–Kier alpha value is -2.65. The van der Waals surface area contributed by atoms with Gasteiger partial charge in [-0.05, 0) is 74.4 Å². The maximum atomic E-state index is 4.40. The smallest absolute Gasteiger partial charge is 0.0813 e. The van der Waals surface area contributed by atoms with Crippen LogP contribution in [0.5, 0.6) is 0 Å². The number of hydrogen-bond donors (Lipinski definition) is 0.